The summed E-state index contributed by atoms with van der Waals surface area (Å²) in [5.41, 5.74) is 6.31. The minimum Gasteiger partial charge on any atom is -0.453 e. The summed E-state index contributed by atoms with van der Waals surface area (Å²) in [5, 5.41) is 8.64. The highest BCUT2D eigenvalue weighted by Crippen LogP contribution is 2.48. The van der Waals surface area contributed by atoms with E-state index in [1.54, 1.807) is 17.8 Å². The van der Waals surface area contributed by atoms with E-state index in [4.69, 9.17) is 14.1 Å². The second-order valence-corrected chi connectivity index (χ2v) is 12.2. The lowest BCUT2D eigenvalue weighted by atomic mass is 9.87. The van der Waals surface area contributed by atoms with Crippen LogP contribution in [-0.4, -0.2) is 10.3 Å². The Balaban J connectivity index is 1.93. The lowest BCUT2D eigenvalue weighted by molar-refractivity contribution is 0.315. The number of nitrogens with zero attached hydrogens (tertiary/aromatic N) is 2. The number of rotatable bonds is 14. The minimum absolute atomic E-state index is 0.284. The number of ether oxygens (including phenoxy) is 2. The summed E-state index contributed by atoms with van der Waals surface area (Å²) >= 11 is 1.69. The van der Waals surface area contributed by atoms with Crippen LogP contribution in [0.2, 0.25) is 0 Å². The summed E-state index contributed by atoms with van der Waals surface area (Å²) in [6.45, 7) is 23.2. The standard InChI is InChI=1S/C39H42N2O3S/c1-9-19-32(27(6)7)35(28(8)26(4)5)34(20-10-2)45-25-33-37-36(40-44-41-37)31(11-3)38(42-29-21-15-12-13-16-22-29)39(33)43-30-23-17-14-18-24-30/h9-15,17-24,26-27H,1-3,16,25H2,4-8H3/b32-19-,34-20-,35-28-. The second-order valence-electron chi connectivity index (χ2n) is 11.1. The third-order valence-corrected chi connectivity index (χ3v) is 8.54. The Morgan fingerprint density at radius 2 is 1.67 bits per heavy atom. The molecule has 0 radical (unpaired) electrons. The Morgan fingerprint density at radius 3 is 2.33 bits per heavy atom. The van der Waals surface area contributed by atoms with Crippen LogP contribution in [0.15, 0.2) is 137 Å². The van der Waals surface area contributed by atoms with Crippen molar-refractivity contribution in [2.45, 2.75) is 46.8 Å². The normalized spacial score (nSPS) is 14.3. The fourth-order valence-electron chi connectivity index (χ4n) is 4.93. The Morgan fingerprint density at radius 1 is 0.933 bits per heavy atom. The van der Waals surface area contributed by atoms with Gasteiger partial charge in [-0.25, -0.2) is 4.63 Å². The number of hydrogen-bond donors (Lipinski definition) is 0. The summed E-state index contributed by atoms with van der Waals surface area (Å²) in [6.07, 6.45) is 20.3. The average molecular weight is 619 g/mol. The molecule has 1 heterocycles. The van der Waals surface area contributed by atoms with Gasteiger partial charge in [-0.2, -0.15) is 0 Å². The van der Waals surface area contributed by atoms with Gasteiger partial charge in [0.05, 0.1) is 5.56 Å². The fourth-order valence-corrected chi connectivity index (χ4v) is 6.12. The smallest absolute Gasteiger partial charge is 0.179 e. The van der Waals surface area contributed by atoms with Gasteiger partial charge in [-0.1, -0.05) is 114 Å². The Bertz CT molecular complexity index is 1730. The van der Waals surface area contributed by atoms with Crippen LogP contribution in [0, 0.1) is 11.8 Å². The molecular formula is C39H42N2O3S. The van der Waals surface area contributed by atoms with Gasteiger partial charge in [-0.05, 0) is 77.0 Å². The average Bonchev–Trinajstić information content (AvgIpc) is 3.36. The van der Waals surface area contributed by atoms with Gasteiger partial charge in [-0.15, -0.1) is 11.8 Å². The molecule has 6 heteroatoms. The van der Waals surface area contributed by atoms with E-state index >= 15 is 0 Å². The molecule has 0 amide bonds. The number of hydrogen-bond acceptors (Lipinski definition) is 6. The highest BCUT2D eigenvalue weighted by molar-refractivity contribution is 8.02. The van der Waals surface area contributed by atoms with Crippen LogP contribution in [0.25, 0.3) is 17.1 Å². The molecule has 0 aliphatic heterocycles. The largest absolute Gasteiger partial charge is 0.453 e. The van der Waals surface area contributed by atoms with Crippen LogP contribution in [0.1, 0.15) is 52.2 Å². The van der Waals surface area contributed by atoms with E-state index in [1.165, 1.54) is 16.7 Å². The van der Waals surface area contributed by atoms with E-state index in [0.29, 0.717) is 51.3 Å². The molecule has 45 heavy (non-hydrogen) atoms. The van der Waals surface area contributed by atoms with Crippen molar-refractivity contribution >= 4 is 28.9 Å². The molecule has 4 rings (SSSR count). The van der Waals surface area contributed by atoms with Gasteiger partial charge in [-0.3, -0.25) is 0 Å². The van der Waals surface area contributed by atoms with Crippen LogP contribution in [0.5, 0.6) is 17.2 Å². The number of benzene rings is 2. The summed E-state index contributed by atoms with van der Waals surface area (Å²) in [4.78, 5) is 1.09. The second kappa shape index (κ2) is 16.0. The highest BCUT2D eigenvalue weighted by Gasteiger charge is 2.27. The maximum atomic E-state index is 6.66. The van der Waals surface area contributed by atoms with Gasteiger partial charge < -0.3 is 9.47 Å². The molecular weight excluding hydrogens is 577 g/mol. The predicted octanol–water partition coefficient (Wildman–Crippen LogP) is 11.5. The highest BCUT2D eigenvalue weighted by atomic mass is 32.2. The van der Waals surface area contributed by atoms with Gasteiger partial charge in [0.15, 0.2) is 11.5 Å². The van der Waals surface area contributed by atoms with Gasteiger partial charge in [0.2, 0.25) is 0 Å². The van der Waals surface area contributed by atoms with Crippen molar-refractivity contribution in [3.8, 4) is 17.2 Å². The first-order chi connectivity index (χ1) is 21.8. The van der Waals surface area contributed by atoms with E-state index in [0.717, 1.165) is 16.9 Å². The van der Waals surface area contributed by atoms with Crippen LogP contribution in [0.4, 0.5) is 0 Å². The lowest BCUT2D eigenvalue weighted by Crippen LogP contribution is -2.07. The van der Waals surface area contributed by atoms with Crippen molar-refractivity contribution in [1.82, 2.24) is 10.3 Å². The first kappa shape index (κ1) is 33.3. The molecule has 5 nitrogen and oxygen atoms in total. The predicted molar refractivity (Wildman–Crippen MR) is 190 cm³/mol. The molecule has 1 aliphatic carbocycles. The van der Waals surface area contributed by atoms with E-state index in [1.807, 2.05) is 66.8 Å². The van der Waals surface area contributed by atoms with Crippen molar-refractivity contribution < 1.29 is 14.1 Å². The SMILES string of the molecule is C=C/C=C(SCc1c(Oc2ccccc2)c(OC2=CCC=CC=C2)c(C=C)c2nonc12)/C(C(=C\C=C)/C(C)C)=C(/C)C(C)C. The topological polar surface area (TPSA) is 57.4 Å². The Hall–Kier alpha value is -4.55. The molecule has 0 N–H and O–H groups in total. The molecule has 0 atom stereocenters. The van der Waals surface area contributed by atoms with Crippen LogP contribution < -0.4 is 9.47 Å². The van der Waals surface area contributed by atoms with E-state index < -0.39 is 0 Å². The monoisotopic (exact) mass is 618 g/mol. The van der Waals surface area contributed by atoms with Crippen molar-refractivity contribution in [3.05, 3.63) is 143 Å². The molecule has 0 spiro atoms. The molecule has 0 bridgehead atoms. The van der Waals surface area contributed by atoms with E-state index in [2.05, 4.69) is 82.9 Å². The summed E-state index contributed by atoms with van der Waals surface area (Å²) in [5.74, 6) is 3.51. The minimum atomic E-state index is 0.284. The molecule has 0 saturated carbocycles. The summed E-state index contributed by atoms with van der Waals surface area (Å²) in [6, 6.07) is 9.66. The van der Waals surface area contributed by atoms with Crippen LogP contribution in [0.3, 0.4) is 0 Å². The van der Waals surface area contributed by atoms with Gasteiger partial charge in [0.25, 0.3) is 0 Å². The lowest BCUT2D eigenvalue weighted by Gasteiger charge is -2.24. The van der Waals surface area contributed by atoms with E-state index in [-0.39, 0.29) is 5.92 Å². The summed E-state index contributed by atoms with van der Waals surface area (Å²) < 4.78 is 18.6. The molecule has 0 unspecified atom stereocenters. The quantitative estimate of drug-likeness (QED) is 0.168. The third-order valence-electron chi connectivity index (χ3n) is 7.46. The molecule has 0 saturated heterocycles. The van der Waals surface area contributed by atoms with Gasteiger partial charge in [0.1, 0.15) is 22.5 Å². The maximum Gasteiger partial charge on any atom is 0.179 e. The van der Waals surface area contributed by atoms with Gasteiger partial charge >= 0.3 is 0 Å². The van der Waals surface area contributed by atoms with E-state index in [9.17, 15) is 0 Å². The van der Waals surface area contributed by atoms with Crippen molar-refractivity contribution in [3.63, 3.8) is 0 Å². The molecule has 1 aliphatic rings. The third kappa shape index (κ3) is 7.95. The number of thioether (sulfide) groups is 1. The number of allylic oxidation sites excluding steroid dienone is 12. The zero-order chi connectivity index (χ0) is 32.3. The zero-order valence-electron chi connectivity index (χ0n) is 26.9. The van der Waals surface area contributed by atoms with Crippen molar-refractivity contribution in [1.29, 1.82) is 0 Å². The van der Waals surface area contributed by atoms with Crippen LogP contribution in [-0.2, 0) is 5.75 Å². The fraction of sp³-hybridized carbons (Fsp3) is 0.231. The first-order valence-corrected chi connectivity index (χ1v) is 16.2. The van der Waals surface area contributed by atoms with Crippen LogP contribution >= 0.6 is 11.8 Å². The molecule has 1 aromatic heterocycles. The molecule has 2 aromatic carbocycles. The molecule has 3 aromatic rings. The van der Waals surface area contributed by atoms with Gasteiger partial charge in [0, 0.05) is 16.2 Å². The number of fused-ring (bicyclic) bond motifs is 1. The maximum absolute atomic E-state index is 6.66. The molecule has 0 fully saturated rings. The van der Waals surface area contributed by atoms with Crippen molar-refractivity contribution in [2.75, 3.05) is 0 Å². The van der Waals surface area contributed by atoms with Crippen molar-refractivity contribution in [2.24, 2.45) is 11.8 Å². The zero-order valence-corrected chi connectivity index (χ0v) is 27.7. The Labute approximate surface area is 271 Å². The summed E-state index contributed by atoms with van der Waals surface area (Å²) in [7, 11) is 0. The number of aromatic nitrogens is 2. The number of para-hydroxylation sites is 1. The molecule has 232 valence electrons. The first-order valence-electron chi connectivity index (χ1n) is 15.2. The Kier molecular flexibility index (Phi) is 11.8.